The monoisotopic (exact) mass is 230 g/mol. The lowest BCUT2D eigenvalue weighted by Gasteiger charge is -2.06. The standard InChI is InChI=1S/C12H22O4/c1-2-5-10(13)6-3-7-11(14)8-4-9-12(15)16/h3,7,10-11,13-14H,2,4-6,8-9H2,1H3,(H,15,16)/b7-3+. The number of carboxylic acid groups (broad SMARTS) is 1. The number of rotatable bonds is 9. The first-order chi connectivity index (χ1) is 7.56. The van der Waals surface area contributed by atoms with Gasteiger partial charge in [-0.3, -0.25) is 4.79 Å². The van der Waals surface area contributed by atoms with Crippen LogP contribution in [0.2, 0.25) is 0 Å². The Kier molecular flexibility index (Phi) is 8.85. The number of carboxylic acids is 1. The SMILES string of the molecule is CCCC(O)C/C=C/C(O)CCCC(=O)O. The van der Waals surface area contributed by atoms with Gasteiger partial charge in [0.25, 0.3) is 0 Å². The molecule has 0 spiro atoms. The molecule has 0 aromatic heterocycles. The molecule has 0 aliphatic carbocycles. The number of aliphatic carboxylic acids is 1. The van der Waals surface area contributed by atoms with Gasteiger partial charge in [0, 0.05) is 6.42 Å². The highest BCUT2D eigenvalue weighted by atomic mass is 16.4. The summed E-state index contributed by atoms with van der Waals surface area (Å²) in [6.07, 6.45) is 5.70. The third-order valence-electron chi connectivity index (χ3n) is 2.28. The highest BCUT2D eigenvalue weighted by Crippen LogP contribution is 2.05. The quantitative estimate of drug-likeness (QED) is 0.527. The van der Waals surface area contributed by atoms with E-state index in [1.165, 1.54) is 0 Å². The van der Waals surface area contributed by atoms with Crippen molar-refractivity contribution < 1.29 is 20.1 Å². The lowest BCUT2D eigenvalue weighted by Crippen LogP contribution is -2.06. The molecular formula is C12H22O4. The predicted molar refractivity (Wildman–Crippen MR) is 62.2 cm³/mol. The van der Waals surface area contributed by atoms with Crippen LogP contribution in [0.4, 0.5) is 0 Å². The van der Waals surface area contributed by atoms with Crippen molar-refractivity contribution in [1.29, 1.82) is 0 Å². The average molecular weight is 230 g/mol. The first kappa shape index (κ1) is 15.1. The molecule has 4 nitrogen and oxygen atoms in total. The Labute approximate surface area is 96.6 Å². The zero-order valence-electron chi connectivity index (χ0n) is 9.80. The molecule has 0 amide bonds. The van der Waals surface area contributed by atoms with Gasteiger partial charge in [0.15, 0.2) is 0 Å². The Bertz CT molecular complexity index is 213. The van der Waals surface area contributed by atoms with Crippen LogP contribution in [-0.4, -0.2) is 33.5 Å². The summed E-state index contributed by atoms with van der Waals surface area (Å²) in [4.78, 5) is 10.2. The second kappa shape index (κ2) is 9.36. The van der Waals surface area contributed by atoms with E-state index in [4.69, 9.17) is 5.11 Å². The molecule has 0 heterocycles. The molecule has 0 bridgehead atoms. The van der Waals surface area contributed by atoms with Crippen LogP contribution in [0.15, 0.2) is 12.2 Å². The first-order valence-electron chi connectivity index (χ1n) is 5.80. The normalized spacial score (nSPS) is 15.2. The van der Waals surface area contributed by atoms with E-state index in [9.17, 15) is 15.0 Å². The van der Waals surface area contributed by atoms with E-state index in [0.717, 1.165) is 12.8 Å². The van der Waals surface area contributed by atoms with Crippen molar-refractivity contribution in [3.05, 3.63) is 12.2 Å². The van der Waals surface area contributed by atoms with E-state index >= 15 is 0 Å². The Hall–Kier alpha value is -0.870. The zero-order valence-corrected chi connectivity index (χ0v) is 9.80. The van der Waals surface area contributed by atoms with Gasteiger partial charge in [-0.05, 0) is 25.7 Å². The van der Waals surface area contributed by atoms with E-state index in [0.29, 0.717) is 19.3 Å². The minimum Gasteiger partial charge on any atom is -0.481 e. The third-order valence-corrected chi connectivity index (χ3v) is 2.28. The van der Waals surface area contributed by atoms with Crippen molar-refractivity contribution in [3.63, 3.8) is 0 Å². The molecule has 0 saturated carbocycles. The summed E-state index contributed by atoms with van der Waals surface area (Å²) in [6.45, 7) is 2.01. The van der Waals surface area contributed by atoms with Crippen LogP contribution in [0.1, 0.15) is 45.4 Å². The number of hydrogen-bond donors (Lipinski definition) is 3. The zero-order chi connectivity index (χ0) is 12.4. The van der Waals surface area contributed by atoms with Crippen LogP contribution >= 0.6 is 0 Å². The molecular weight excluding hydrogens is 208 g/mol. The summed E-state index contributed by atoms with van der Waals surface area (Å²) in [5.41, 5.74) is 0. The molecule has 0 radical (unpaired) electrons. The minimum atomic E-state index is -0.838. The van der Waals surface area contributed by atoms with E-state index in [1.54, 1.807) is 12.2 Å². The molecule has 2 atom stereocenters. The summed E-state index contributed by atoms with van der Waals surface area (Å²) in [6, 6.07) is 0. The van der Waals surface area contributed by atoms with Crippen LogP contribution < -0.4 is 0 Å². The Morgan fingerprint density at radius 1 is 1.31 bits per heavy atom. The van der Waals surface area contributed by atoms with E-state index in [1.807, 2.05) is 6.92 Å². The lowest BCUT2D eigenvalue weighted by atomic mass is 10.1. The molecule has 94 valence electrons. The van der Waals surface area contributed by atoms with Crippen molar-refractivity contribution >= 4 is 5.97 Å². The highest BCUT2D eigenvalue weighted by molar-refractivity contribution is 5.66. The molecule has 3 N–H and O–H groups in total. The molecule has 0 saturated heterocycles. The van der Waals surface area contributed by atoms with Crippen molar-refractivity contribution in [3.8, 4) is 0 Å². The maximum absolute atomic E-state index is 10.2. The smallest absolute Gasteiger partial charge is 0.303 e. The summed E-state index contributed by atoms with van der Waals surface area (Å²) < 4.78 is 0. The van der Waals surface area contributed by atoms with Crippen molar-refractivity contribution in [1.82, 2.24) is 0 Å². The summed E-state index contributed by atoms with van der Waals surface area (Å²) in [7, 11) is 0. The predicted octanol–water partition coefficient (Wildman–Crippen LogP) is 1.71. The van der Waals surface area contributed by atoms with Gasteiger partial charge in [-0.2, -0.15) is 0 Å². The fraction of sp³-hybridized carbons (Fsp3) is 0.750. The number of aliphatic hydroxyl groups is 2. The minimum absolute atomic E-state index is 0.0867. The first-order valence-corrected chi connectivity index (χ1v) is 5.80. The van der Waals surface area contributed by atoms with Gasteiger partial charge in [-0.25, -0.2) is 0 Å². The second-order valence-electron chi connectivity index (χ2n) is 3.96. The van der Waals surface area contributed by atoms with E-state index < -0.39 is 12.1 Å². The van der Waals surface area contributed by atoms with Gasteiger partial charge < -0.3 is 15.3 Å². The number of carbonyl (C=O) groups is 1. The van der Waals surface area contributed by atoms with Crippen LogP contribution in [0.25, 0.3) is 0 Å². The van der Waals surface area contributed by atoms with Gasteiger partial charge in [0.1, 0.15) is 0 Å². The Morgan fingerprint density at radius 2 is 2.00 bits per heavy atom. The third kappa shape index (κ3) is 9.68. The fourth-order valence-electron chi connectivity index (χ4n) is 1.40. The summed E-state index contributed by atoms with van der Waals surface area (Å²) in [5, 5.41) is 27.2. The van der Waals surface area contributed by atoms with E-state index in [2.05, 4.69) is 0 Å². The Morgan fingerprint density at radius 3 is 2.56 bits per heavy atom. The molecule has 2 unspecified atom stereocenters. The molecule has 0 aliphatic heterocycles. The largest absolute Gasteiger partial charge is 0.481 e. The highest BCUT2D eigenvalue weighted by Gasteiger charge is 2.03. The molecule has 0 aliphatic rings. The average Bonchev–Trinajstić information content (AvgIpc) is 2.17. The fourth-order valence-corrected chi connectivity index (χ4v) is 1.40. The van der Waals surface area contributed by atoms with Crippen LogP contribution in [0.3, 0.4) is 0 Å². The van der Waals surface area contributed by atoms with E-state index in [-0.39, 0.29) is 12.5 Å². The van der Waals surface area contributed by atoms with Gasteiger partial charge in [-0.1, -0.05) is 25.5 Å². The number of aliphatic hydroxyl groups excluding tert-OH is 2. The molecule has 0 aromatic carbocycles. The van der Waals surface area contributed by atoms with Crippen molar-refractivity contribution in [2.45, 2.75) is 57.7 Å². The molecule has 0 aromatic rings. The topological polar surface area (TPSA) is 77.8 Å². The van der Waals surface area contributed by atoms with Gasteiger partial charge in [0.05, 0.1) is 12.2 Å². The molecule has 4 heteroatoms. The number of hydrogen-bond acceptors (Lipinski definition) is 3. The summed E-state index contributed by atoms with van der Waals surface area (Å²) >= 11 is 0. The molecule has 16 heavy (non-hydrogen) atoms. The maximum Gasteiger partial charge on any atom is 0.303 e. The van der Waals surface area contributed by atoms with Crippen LogP contribution in [0, 0.1) is 0 Å². The van der Waals surface area contributed by atoms with Gasteiger partial charge >= 0.3 is 5.97 Å². The maximum atomic E-state index is 10.2. The lowest BCUT2D eigenvalue weighted by molar-refractivity contribution is -0.137. The summed E-state index contributed by atoms with van der Waals surface area (Å²) in [5.74, 6) is -0.838. The molecule has 0 fully saturated rings. The van der Waals surface area contributed by atoms with Gasteiger partial charge in [0.2, 0.25) is 0 Å². The van der Waals surface area contributed by atoms with Crippen molar-refractivity contribution in [2.75, 3.05) is 0 Å². The molecule has 0 rings (SSSR count). The Balaban J connectivity index is 3.57. The van der Waals surface area contributed by atoms with Crippen molar-refractivity contribution in [2.24, 2.45) is 0 Å². The van der Waals surface area contributed by atoms with Crippen LogP contribution in [-0.2, 0) is 4.79 Å². The van der Waals surface area contributed by atoms with Gasteiger partial charge in [-0.15, -0.1) is 0 Å². The van der Waals surface area contributed by atoms with Crippen LogP contribution in [0.5, 0.6) is 0 Å². The second-order valence-corrected chi connectivity index (χ2v) is 3.96.